The van der Waals surface area contributed by atoms with E-state index in [0.29, 0.717) is 6.61 Å². The lowest BCUT2D eigenvalue weighted by atomic mass is 10.1. The van der Waals surface area contributed by atoms with E-state index in [9.17, 15) is 9.18 Å². The molecule has 2 rings (SSSR count). The molecule has 1 aromatic carbocycles. The third-order valence-corrected chi connectivity index (χ3v) is 2.62. The van der Waals surface area contributed by atoms with E-state index in [-0.39, 0.29) is 11.8 Å². The molecule has 0 unspecified atom stereocenters. The molecular weight excluding hydrogens is 257 g/mol. The van der Waals surface area contributed by atoms with Gasteiger partial charge in [-0.2, -0.15) is 0 Å². The molecule has 0 aliphatic carbocycles. The fraction of sp³-hybridized carbons (Fsp3) is 0.125. The van der Waals surface area contributed by atoms with Crippen LogP contribution in [0.1, 0.15) is 12.5 Å². The molecule has 0 saturated carbocycles. The van der Waals surface area contributed by atoms with E-state index in [1.54, 1.807) is 31.3 Å². The van der Waals surface area contributed by atoms with Gasteiger partial charge in [0.05, 0.1) is 12.3 Å². The first-order chi connectivity index (χ1) is 9.69. The molecule has 1 heterocycles. The highest BCUT2D eigenvalue weighted by atomic mass is 19.1. The van der Waals surface area contributed by atoms with Gasteiger partial charge in [-0.05, 0) is 48.9 Å². The summed E-state index contributed by atoms with van der Waals surface area (Å²) < 4.78 is 17.6. The number of carbonyl (C=O) groups is 1. The van der Waals surface area contributed by atoms with Gasteiger partial charge in [0.25, 0.3) is 0 Å². The molecule has 0 saturated heterocycles. The second-order valence-electron chi connectivity index (χ2n) is 4.07. The average molecular weight is 271 g/mol. The van der Waals surface area contributed by atoms with Crippen molar-refractivity contribution in [2.24, 2.45) is 0 Å². The molecule has 2 aromatic rings. The highest BCUT2D eigenvalue weighted by Gasteiger charge is 2.00. The Labute approximate surface area is 116 Å². The summed E-state index contributed by atoms with van der Waals surface area (Å²) in [6.07, 6.45) is 4.64. The Morgan fingerprint density at radius 2 is 2.00 bits per heavy atom. The van der Waals surface area contributed by atoms with Gasteiger partial charge in [0, 0.05) is 17.8 Å². The summed E-state index contributed by atoms with van der Waals surface area (Å²) in [4.78, 5) is 15.4. The van der Waals surface area contributed by atoms with Gasteiger partial charge in [-0.1, -0.05) is 6.07 Å². The van der Waals surface area contributed by atoms with Crippen molar-refractivity contribution in [2.45, 2.75) is 6.92 Å². The normalized spacial score (nSPS) is 10.7. The van der Waals surface area contributed by atoms with Crippen molar-refractivity contribution < 1.29 is 13.9 Å². The van der Waals surface area contributed by atoms with Crippen LogP contribution in [0.4, 0.5) is 4.39 Å². The number of hydrogen-bond donors (Lipinski definition) is 0. The third kappa shape index (κ3) is 3.75. The fourth-order valence-corrected chi connectivity index (χ4v) is 1.65. The summed E-state index contributed by atoms with van der Waals surface area (Å²) in [7, 11) is 0. The van der Waals surface area contributed by atoms with Gasteiger partial charge in [0.2, 0.25) is 0 Å². The zero-order chi connectivity index (χ0) is 14.4. The van der Waals surface area contributed by atoms with Gasteiger partial charge >= 0.3 is 5.97 Å². The molecule has 0 atom stereocenters. The first-order valence-electron chi connectivity index (χ1n) is 6.26. The molecule has 0 aliphatic heterocycles. The smallest absolute Gasteiger partial charge is 0.330 e. The van der Waals surface area contributed by atoms with Crippen molar-refractivity contribution >= 4 is 12.0 Å². The quantitative estimate of drug-likeness (QED) is 0.631. The van der Waals surface area contributed by atoms with Crippen molar-refractivity contribution in [3.63, 3.8) is 0 Å². The largest absolute Gasteiger partial charge is 0.463 e. The van der Waals surface area contributed by atoms with Gasteiger partial charge in [-0.15, -0.1) is 0 Å². The van der Waals surface area contributed by atoms with Crippen LogP contribution in [0, 0.1) is 5.82 Å². The highest BCUT2D eigenvalue weighted by molar-refractivity contribution is 5.87. The summed E-state index contributed by atoms with van der Waals surface area (Å²) in [5.74, 6) is -0.655. The van der Waals surface area contributed by atoms with E-state index in [0.717, 1.165) is 16.8 Å². The molecule has 0 amide bonds. The highest BCUT2D eigenvalue weighted by Crippen LogP contribution is 2.17. The van der Waals surface area contributed by atoms with Crippen LogP contribution in [-0.2, 0) is 9.53 Å². The maximum absolute atomic E-state index is 12.8. The lowest BCUT2D eigenvalue weighted by Crippen LogP contribution is -1.98. The Kier molecular flexibility index (Phi) is 4.60. The van der Waals surface area contributed by atoms with Gasteiger partial charge in [0.1, 0.15) is 5.82 Å². The van der Waals surface area contributed by atoms with Crippen molar-refractivity contribution in [3.05, 3.63) is 60.1 Å². The Balaban J connectivity index is 2.10. The molecule has 20 heavy (non-hydrogen) atoms. The first kappa shape index (κ1) is 13.9. The number of halogens is 1. The summed E-state index contributed by atoms with van der Waals surface area (Å²) in [6, 6.07) is 9.79. The van der Waals surface area contributed by atoms with Crippen LogP contribution in [0.2, 0.25) is 0 Å². The third-order valence-electron chi connectivity index (χ3n) is 2.62. The zero-order valence-electron chi connectivity index (χ0n) is 11.0. The van der Waals surface area contributed by atoms with Crippen LogP contribution in [0.5, 0.6) is 0 Å². The number of benzene rings is 1. The van der Waals surface area contributed by atoms with E-state index < -0.39 is 0 Å². The number of esters is 1. The molecule has 0 fully saturated rings. The van der Waals surface area contributed by atoms with Crippen LogP contribution >= 0.6 is 0 Å². The second-order valence-corrected chi connectivity index (χ2v) is 4.07. The minimum atomic E-state index is -0.380. The van der Waals surface area contributed by atoms with Crippen molar-refractivity contribution in [1.29, 1.82) is 0 Å². The second kappa shape index (κ2) is 6.61. The molecule has 0 aliphatic rings. The van der Waals surface area contributed by atoms with E-state index in [4.69, 9.17) is 4.74 Å². The predicted octanol–water partition coefficient (Wildman–Crippen LogP) is 3.46. The Bertz CT molecular complexity index is 603. The number of pyridine rings is 1. The molecule has 102 valence electrons. The summed E-state index contributed by atoms with van der Waals surface area (Å²) in [5.41, 5.74) is 2.38. The molecule has 0 radical (unpaired) electrons. The number of hydrogen-bond acceptors (Lipinski definition) is 3. The summed E-state index contributed by atoms with van der Waals surface area (Å²) >= 11 is 0. The standard InChI is InChI=1S/C16H14FNO2/c1-2-20-16(19)10-4-12-3-9-15(18-11-12)13-5-7-14(17)8-6-13/h3-11H,2H2,1H3. The van der Waals surface area contributed by atoms with E-state index in [1.165, 1.54) is 18.2 Å². The van der Waals surface area contributed by atoms with E-state index in [2.05, 4.69) is 4.98 Å². The maximum Gasteiger partial charge on any atom is 0.330 e. The monoisotopic (exact) mass is 271 g/mol. The number of rotatable bonds is 4. The Morgan fingerprint density at radius 1 is 1.25 bits per heavy atom. The number of aromatic nitrogens is 1. The van der Waals surface area contributed by atoms with Gasteiger partial charge < -0.3 is 4.74 Å². The minimum Gasteiger partial charge on any atom is -0.463 e. The number of carbonyl (C=O) groups excluding carboxylic acids is 1. The lowest BCUT2D eigenvalue weighted by Gasteiger charge is -2.01. The number of ether oxygens (including phenoxy) is 1. The van der Waals surface area contributed by atoms with E-state index in [1.807, 2.05) is 12.1 Å². The molecular formula is C16H14FNO2. The SMILES string of the molecule is CCOC(=O)C=Cc1ccc(-c2ccc(F)cc2)nc1. The average Bonchev–Trinajstić information content (AvgIpc) is 2.47. The van der Waals surface area contributed by atoms with E-state index >= 15 is 0 Å². The zero-order valence-corrected chi connectivity index (χ0v) is 11.0. The Morgan fingerprint density at radius 3 is 2.60 bits per heavy atom. The van der Waals surface area contributed by atoms with Crippen molar-refractivity contribution in [3.8, 4) is 11.3 Å². The predicted molar refractivity (Wildman–Crippen MR) is 75.3 cm³/mol. The van der Waals surface area contributed by atoms with Gasteiger partial charge in [-0.3, -0.25) is 4.98 Å². The van der Waals surface area contributed by atoms with Crippen LogP contribution < -0.4 is 0 Å². The van der Waals surface area contributed by atoms with Crippen LogP contribution in [0.3, 0.4) is 0 Å². The van der Waals surface area contributed by atoms with Gasteiger partial charge in [0.15, 0.2) is 0 Å². The lowest BCUT2D eigenvalue weighted by molar-refractivity contribution is -0.137. The summed E-state index contributed by atoms with van der Waals surface area (Å²) in [6.45, 7) is 2.11. The first-order valence-corrected chi connectivity index (χ1v) is 6.26. The number of nitrogens with zero attached hydrogens (tertiary/aromatic N) is 1. The van der Waals surface area contributed by atoms with Crippen molar-refractivity contribution in [2.75, 3.05) is 6.61 Å². The summed E-state index contributed by atoms with van der Waals surface area (Å²) in [5, 5.41) is 0. The van der Waals surface area contributed by atoms with Gasteiger partial charge in [-0.25, -0.2) is 9.18 Å². The fourth-order valence-electron chi connectivity index (χ4n) is 1.65. The maximum atomic E-state index is 12.8. The van der Waals surface area contributed by atoms with Crippen LogP contribution in [-0.4, -0.2) is 17.6 Å². The molecule has 0 spiro atoms. The molecule has 1 aromatic heterocycles. The molecule has 0 N–H and O–H groups in total. The van der Waals surface area contributed by atoms with Crippen molar-refractivity contribution in [1.82, 2.24) is 4.98 Å². The molecule has 4 heteroatoms. The van der Waals surface area contributed by atoms with Crippen LogP contribution in [0.15, 0.2) is 48.7 Å². The molecule has 3 nitrogen and oxygen atoms in total. The minimum absolute atomic E-state index is 0.275. The topological polar surface area (TPSA) is 39.2 Å². The molecule has 0 bridgehead atoms. The Hall–Kier alpha value is -2.49. The van der Waals surface area contributed by atoms with Crippen LogP contribution in [0.25, 0.3) is 17.3 Å².